The molecule has 5 aromatic rings. The van der Waals surface area contributed by atoms with Crippen LogP contribution in [-0.2, 0) is 20.8 Å². The Bertz CT molecular complexity index is 2000. The minimum atomic E-state index is -1.25. The molecule has 1 N–H and O–H groups in total. The number of benzene rings is 5. The molecule has 0 aromatic heterocycles. The van der Waals surface area contributed by atoms with Crippen molar-refractivity contribution >= 4 is 18.2 Å². The van der Waals surface area contributed by atoms with Crippen LogP contribution in [0.5, 0.6) is 11.5 Å². The second kappa shape index (κ2) is 13.8. The average molecular weight is 670 g/mol. The van der Waals surface area contributed by atoms with Crippen LogP contribution in [0.25, 0.3) is 22.3 Å². The van der Waals surface area contributed by atoms with Gasteiger partial charge in [0.05, 0.1) is 13.7 Å². The first-order valence-corrected chi connectivity index (χ1v) is 16.4. The number of fused-ring (bicyclic) bond motifs is 6. The lowest BCUT2D eigenvalue weighted by Gasteiger charge is -2.27. The molecular weight excluding hydrogens is 634 g/mol. The second-order valence-electron chi connectivity index (χ2n) is 12.3. The molecule has 0 saturated heterocycles. The summed E-state index contributed by atoms with van der Waals surface area (Å²) < 4.78 is 22.6. The number of nitrogens with zero attached hydrogens (tertiary/aromatic N) is 1. The molecule has 1 atom stereocenters. The number of rotatable bonds is 10. The molecule has 0 spiro atoms. The summed E-state index contributed by atoms with van der Waals surface area (Å²) in [7, 11) is 1.47. The third-order valence-corrected chi connectivity index (χ3v) is 9.53. The standard InChI is InChI=1S/C41H35NO8/c1-25(39(43)44)42(40(45)48-23-36-32-15-7-3-11-28(32)29-12-4-8-16-33(29)36)22-26-19-20-27(47-2)21-38(26)50-41(46)49-24-37-34-17-9-5-13-30(34)31-14-6-10-18-35(31)37/h3-21,25,36-37H,22-24H2,1-2H3,(H,43,44)/t25-/m0/s1. The lowest BCUT2D eigenvalue weighted by molar-refractivity contribution is -0.142. The van der Waals surface area contributed by atoms with Crippen molar-refractivity contribution in [2.75, 3.05) is 20.3 Å². The maximum Gasteiger partial charge on any atom is 0.513 e. The van der Waals surface area contributed by atoms with Gasteiger partial charge in [-0.1, -0.05) is 97.1 Å². The number of methoxy groups -OCH3 is 1. The topological polar surface area (TPSA) is 112 Å². The molecule has 0 heterocycles. The summed E-state index contributed by atoms with van der Waals surface area (Å²) in [5, 5.41) is 9.95. The molecule has 2 aliphatic rings. The minimum Gasteiger partial charge on any atom is -0.497 e. The number of ether oxygens (including phenoxy) is 4. The molecule has 0 fully saturated rings. The number of aliphatic carboxylic acids is 1. The molecule has 5 aromatic carbocycles. The minimum absolute atomic E-state index is 0.0153. The van der Waals surface area contributed by atoms with E-state index in [0.29, 0.717) is 11.3 Å². The zero-order valence-electron chi connectivity index (χ0n) is 27.6. The highest BCUT2D eigenvalue weighted by Gasteiger charge is 2.33. The van der Waals surface area contributed by atoms with Crippen molar-refractivity contribution in [3.05, 3.63) is 143 Å². The van der Waals surface area contributed by atoms with Gasteiger partial charge in [0.2, 0.25) is 0 Å². The van der Waals surface area contributed by atoms with Gasteiger partial charge in [-0.05, 0) is 63.6 Å². The summed E-state index contributed by atoms with van der Waals surface area (Å²) in [6, 6.07) is 35.4. The average Bonchev–Trinajstić information content (AvgIpc) is 3.64. The number of carboxylic acid groups (broad SMARTS) is 1. The number of carboxylic acids is 1. The maximum atomic E-state index is 13.7. The molecule has 7 rings (SSSR count). The van der Waals surface area contributed by atoms with Crippen LogP contribution in [0, 0.1) is 0 Å². The van der Waals surface area contributed by atoms with E-state index in [1.54, 1.807) is 12.1 Å². The Balaban J connectivity index is 1.08. The van der Waals surface area contributed by atoms with Crippen LogP contribution in [0.1, 0.15) is 46.6 Å². The van der Waals surface area contributed by atoms with Crippen LogP contribution >= 0.6 is 0 Å². The van der Waals surface area contributed by atoms with Gasteiger partial charge in [0, 0.05) is 23.5 Å². The van der Waals surface area contributed by atoms with Crippen molar-refractivity contribution in [3.8, 4) is 33.8 Å². The Kier molecular flexibility index (Phi) is 8.96. The van der Waals surface area contributed by atoms with Crippen molar-refractivity contribution in [1.29, 1.82) is 0 Å². The van der Waals surface area contributed by atoms with Crippen LogP contribution in [-0.4, -0.2) is 54.6 Å². The Labute approximate surface area is 289 Å². The quantitative estimate of drug-likeness (QED) is 0.117. The summed E-state index contributed by atoms with van der Waals surface area (Å²) >= 11 is 0. The predicted molar refractivity (Wildman–Crippen MR) is 186 cm³/mol. The second-order valence-corrected chi connectivity index (χ2v) is 12.3. The highest BCUT2D eigenvalue weighted by Crippen LogP contribution is 2.46. The van der Waals surface area contributed by atoms with Crippen molar-refractivity contribution < 1.29 is 38.4 Å². The molecule has 9 heteroatoms. The maximum absolute atomic E-state index is 13.7. The lowest BCUT2D eigenvalue weighted by Crippen LogP contribution is -2.43. The Morgan fingerprint density at radius 3 is 1.60 bits per heavy atom. The van der Waals surface area contributed by atoms with Gasteiger partial charge in [-0.25, -0.2) is 14.4 Å². The number of carbonyl (C=O) groups excluding carboxylic acids is 2. The molecule has 0 unspecified atom stereocenters. The van der Waals surface area contributed by atoms with Gasteiger partial charge >= 0.3 is 18.2 Å². The van der Waals surface area contributed by atoms with Gasteiger partial charge in [-0.2, -0.15) is 0 Å². The van der Waals surface area contributed by atoms with Crippen LogP contribution in [0.2, 0.25) is 0 Å². The van der Waals surface area contributed by atoms with E-state index >= 15 is 0 Å². The zero-order valence-corrected chi connectivity index (χ0v) is 27.6. The molecule has 1 amide bonds. The zero-order chi connectivity index (χ0) is 34.8. The third kappa shape index (κ3) is 6.14. The summed E-state index contributed by atoms with van der Waals surface area (Å²) in [6.07, 6.45) is -1.76. The van der Waals surface area contributed by atoms with Crippen LogP contribution in [0.4, 0.5) is 9.59 Å². The van der Waals surface area contributed by atoms with E-state index in [0.717, 1.165) is 49.4 Å². The number of hydrogen-bond acceptors (Lipinski definition) is 7. The summed E-state index contributed by atoms with van der Waals surface area (Å²) in [5.74, 6) is -1.13. The normalized spacial score (nSPS) is 13.3. The third-order valence-electron chi connectivity index (χ3n) is 9.53. The fourth-order valence-corrected chi connectivity index (χ4v) is 6.95. The monoisotopic (exact) mass is 669 g/mol. The van der Waals surface area contributed by atoms with Crippen molar-refractivity contribution in [2.45, 2.75) is 31.3 Å². The van der Waals surface area contributed by atoms with E-state index in [1.807, 2.05) is 84.9 Å². The smallest absolute Gasteiger partial charge is 0.497 e. The van der Waals surface area contributed by atoms with E-state index in [2.05, 4.69) is 12.1 Å². The molecule has 0 radical (unpaired) electrons. The highest BCUT2D eigenvalue weighted by atomic mass is 16.7. The number of hydrogen-bond donors (Lipinski definition) is 1. The first kappa shape index (κ1) is 32.5. The molecule has 0 aliphatic heterocycles. The van der Waals surface area contributed by atoms with E-state index in [4.69, 9.17) is 18.9 Å². The van der Waals surface area contributed by atoms with Gasteiger partial charge in [0.15, 0.2) is 0 Å². The molecule has 0 saturated carbocycles. The molecule has 252 valence electrons. The van der Waals surface area contributed by atoms with Gasteiger partial charge in [0.25, 0.3) is 0 Å². The van der Waals surface area contributed by atoms with Crippen LogP contribution in [0.15, 0.2) is 115 Å². The molecule has 50 heavy (non-hydrogen) atoms. The predicted octanol–water partition coefficient (Wildman–Crippen LogP) is 8.25. The van der Waals surface area contributed by atoms with Crippen molar-refractivity contribution in [2.24, 2.45) is 0 Å². The van der Waals surface area contributed by atoms with E-state index < -0.39 is 24.3 Å². The fraction of sp³-hybridized carbons (Fsp3) is 0.195. The summed E-state index contributed by atoms with van der Waals surface area (Å²) in [4.78, 5) is 40.1. The summed E-state index contributed by atoms with van der Waals surface area (Å²) in [6.45, 7) is 1.25. The Morgan fingerprint density at radius 1 is 0.680 bits per heavy atom. The highest BCUT2D eigenvalue weighted by molar-refractivity contribution is 5.82. The molecule has 9 nitrogen and oxygen atoms in total. The van der Waals surface area contributed by atoms with E-state index in [-0.39, 0.29) is 37.3 Å². The van der Waals surface area contributed by atoms with E-state index in [9.17, 15) is 19.5 Å². The molecular formula is C41H35NO8. The van der Waals surface area contributed by atoms with Crippen molar-refractivity contribution in [3.63, 3.8) is 0 Å². The lowest BCUT2D eigenvalue weighted by atomic mass is 9.98. The first-order valence-electron chi connectivity index (χ1n) is 16.4. The van der Waals surface area contributed by atoms with Gasteiger partial charge in [0.1, 0.15) is 30.8 Å². The molecule has 2 aliphatic carbocycles. The largest absolute Gasteiger partial charge is 0.513 e. The Morgan fingerprint density at radius 2 is 1.14 bits per heavy atom. The summed E-state index contributed by atoms with van der Waals surface area (Å²) in [5.41, 5.74) is 8.90. The van der Waals surface area contributed by atoms with Crippen LogP contribution < -0.4 is 9.47 Å². The first-order chi connectivity index (χ1) is 24.3. The number of amides is 1. The fourth-order valence-electron chi connectivity index (χ4n) is 6.95. The Hall–Kier alpha value is -6.09. The van der Waals surface area contributed by atoms with Crippen LogP contribution in [0.3, 0.4) is 0 Å². The van der Waals surface area contributed by atoms with E-state index in [1.165, 1.54) is 20.1 Å². The van der Waals surface area contributed by atoms with Gasteiger partial charge in [-0.15, -0.1) is 0 Å². The molecule has 0 bridgehead atoms. The van der Waals surface area contributed by atoms with Gasteiger partial charge in [-0.3, -0.25) is 4.90 Å². The van der Waals surface area contributed by atoms with Crippen molar-refractivity contribution in [1.82, 2.24) is 4.90 Å². The number of carbonyl (C=O) groups is 3. The van der Waals surface area contributed by atoms with Gasteiger partial charge < -0.3 is 24.1 Å². The SMILES string of the molecule is COc1ccc(CN(C(=O)OCC2c3ccccc3-c3ccccc32)[C@@H](C)C(=O)O)c(OC(=O)OCC2c3ccccc3-c3ccccc32)c1.